The molecule has 140 valence electrons. The van der Waals surface area contributed by atoms with Crippen LogP contribution in [0.2, 0.25) is 5.02 Å². The molecule has 1 aromatic carbocycles. The minimum atomic E-state index is -0.480. The predicted octanol–water partition coefficient (Wildman–Crippen LogP) is 4.52. The van der Waals surface area contributed by atoms with Crippen molar-refractivity contribution in [2.24, 2.45) is 0 Å². The average molecular weight is 396 g/mol. The first-order valence-corrected chi connectivity index (χ1v) is 9.24. The van der Waals surface area contributed by atoms with Gasteiger partial charge in [-0.3, -0.25) is 10.2 Å². The fourth-order valence-corrected chi connectivity index (χ4v) is 3.74. The van der Waals surface area contributed by atoms with Gasteiger partial charge in [0.05, 0.1) is 16.4 Å². The first kappa shape index (κ1) is 16.9. The molecule has 8 heteroatoms. The molecule has 3 aromatic rings. The molecular formula is C20H15ClFN5O. The lowest BCUT2D eigenvalue weighted by atomic mass is 10.1. The zero-order chi connectivity index (χ0) is 19.3. The van der Waals surface area contributed by atoms with Gasteiger partial charge in [-0.05, 0) is 42.5 Å². The van der Waals surface area contributed by atoms with Gasteiger partial charge in [-0.1, -0.05) is 17.7 Å². The zero-order valence-corrected chi connectivity index (χ0v) is 15.4. The van der Waals surface area contributed by atoms with Crippen molar-refractivity contribution in [1.82, 2.24) is 9.97 Å². The third-order valence-corrected chi connectivity index (χ3v) is 5.30. The molecule has 2 amide bonds. The topological polar surface area (TPSA) is 61.4 Å². The Bertz CT molecular complexity index is 1080. The monoisotopic (exact) mass is 395 g/mol. The molecule has 1 fully saturated rings. The molecule has 5 rings (SSSR count). The number of urea groups is 1. The Hall–Kier alpha value is -3.19. The van der Waals surface area contributed by atoms with Crippen molar-refractivity contribution in [2.75, 3.05) is 21.7 Å². The molecule has 1 N–H and O–H groups in total. The van der Waals surface area contributed by atoms with E-state index in [1.165, 1.54) is 12.1 Å². The second-order valence-corrected chi connectivity index (χ2v) is 7.05. The van der Waals surface area contributed by atoms with Gasteiger partial charge in [0.15, 0.2) is 5.82 Å². The van der Waals surface area contributed by atoms with E-state index >= 15 is 0 Å². The van der Waals surface area contributed by atoms with Gasteiger partial charge < -0.3 is 4.90 Å². The van der Waals surface area contributed by atoms with Crippen molar-refractivity contribution in [2.45, 2.75) is 12.6 Å². The summed E-state index contributed by atoms with van der Waals surface area (Å²) in [6, 6.07) is 13.3. The van der Waals surface area contributed by atoms with Crippen LogP contribution < -0.4 is 15.1 Å². The summed E-state index contributed by atoms with van der Waals surface area (Å²) in [6.45, 7) is 0.869. The quantitative estimate of drug-likeness (QED) is 0.692. The Labute approximate surface area is 165 Å². The fraction of sp³-hybridized carbons (Fsp3) is 0.150. The summed E-state index contributed by atoms with van der Waals surface area (Å²) in [7, 11) is 0. The number of amides is 2. The molecule has 0 bridgehead atoms. The molecular weight excluding hydrogens is 381 g/mol. The van der Waals surface area contributed by atoms with Crippen molar-refractivity contribution in [1.29, 1.82) is 0 Å². The van der Waals surface area contributed by atoms with Crippen molar-refractivity contribution < 1.29 is 9.18 Å². The lowest BCUT2D eigenvalue weighted by molar-refractivity contribution is 0.252. The van der Waals surface area contributed by atoms with Crippen molar-refractivity contribution in [3.8, 4) is 11.3 Å². The largest absolute Gasteiger partial charge is 0.347 e. The van der Waals surface area contributed by atoms with Crippen LogP contribution in [0.5, 0.6) is 0 Å². The molecule has 0 saturated carbocycles. The number of benzene rings is 1. The lowest BCUT2D eigenvalue weighted by Gasteiger charge is -2.39. The lowest BCUT2D eigenvalue weighted by Crippen LogP contribution is -2.56. The standard InChI is InChI=1S/C20H15ClFN5O/c21-13-11-12(4-5-14(13)22)15-6-7-16-19(24-15)27(18-8-10-26(16)18)20(28)25-17-3-1-2-9-23-17/h1-7,9,11,18H,8,10H2,(H,23,25,28). The number of rotatable bonds is 2. The van der Waals surface area contributed by atoms with E-state index in [9.17, 15) is 9.18 Å². The summed E-state index contributed by atoms with van der Waals surface area (Å²) < 4.78 is 13.5. The van der Waals surface area contributed by atoms with Crippen molar-refractivity contribution in [3.63, 3.8) is 0 Å². The third kappa shape index (κ3) is 2.66. The molecule has 1 unspecified atom stereocenters. The van der Waals surface area contributed by atoms with E-state index in [0.29, 0.717) is 22.9 Å². The Morgan fingerprint density at radius 3 is 2.82 bits per heavy atom. The Morgan fingerprint density at radius 2 is 2.11 bits per heavy atom. The van der Waals surface area contributed by atoms with Gasteiger partial charge in [0.2, 0.25) is 0 Å². The van der Waals surface area contributed by atoms with Gasteiger partial charge in [0.1, 0.15) is 17.8 Å². The number of hydrogen-bond acceptors (Lipinski definition) is 4. The number of nitrogens with zero attached hydrogens (tertiary/aromatic N) is 4. The van der Waals surface area contributed by atoms with E-state index in [2.05, 4.69) is 15.2 Å². The van der Waals surface area contributed by atoms with Gasteiger partial charge >= 0.3 is 6.03 Å². The van der Waals surface area contributed by atoms with Crippen molar-refractivity contribution >= 4 is 35.0 Å². The summed E-state index contributed by atoms with van der Waals surface area (Å²) in [5.41, 5.74) is 2.22. The Kier molecular flexibility index (Phi) is 3.91. The molecule has 2 aliphatic rings. The second-order valence-electron chi connectivity index (χ2n) is 6.65. The van der Waals surface area contributed by atoms with E-state index in [1.807, 2.05) is 18.2 Å². The van der Waals surface area contributed by atoms with Crippen molar-refractivity contribution in [3.05, 3.63) is 65.6 Å². The zero-order valence-electron chi connectivity index (χ0n) is 14.6. The first-order chi connectivity index (χ1) is 13.6. The number of anilines is 3. The SMILES string of the molecule is O=C(Nc1ccccn1)N1c2nc(-c3ccc(F)c(Cl)c3)ccc2N2CCC21. The van der Waals surface area contributed by atoms with E-state index in [0.717, 1.165) is 18.7 Å². The number of carbonyl (C=O) groups is 1. The van der Waals surface area contributed by atoms with Gasteiger partial charge in [-0.25, -0.2) is 19.2 Å². The van der Waals surface area contributed by atoms with Gasteiger partial charge in [0.25, 0.3) is 0 Å². The summed E-state index contributed by atoms with van der Waals surface area (Å²) in [6.07, 6.45) is 2.43. The molecule has 4 heterocycles. The number of aromatic nitrogens is 2. The van der Waals surface area contributed by atoms with Crippen LogP contribution in [0.25, 0.3) is 11.3 Å². The molecule has 2 aliphatic heterocycles. The Balaban J connectivity index is 1.51. The number of pyridine rings is 2. The van der Waals surface area contributed by atoms with E-state index < -0.39 is 5.82 Å². The minimum absolute atomic E-state index is 0.0355. The molecule has 1 saturated heterocycles. The van der Waals surface area contributed by atoms with Crippen LogP contribution in [-0.4, -0.2) is 28.7 Å². The van der Waals surface area contributed by atoms with Gasteiger partial charge in [-0.15, -0.1) is 0 Å². The van der Waals surface area contributed by atoms with Crippen LogP contribution in [-0.2, 0) is 0 Å². The summed E-state index contributed by atoms with van der Waals surface area (Å²) in [5.74, 6) is 0.578. The summed E-state index contributed by atoms with van der Waals surface area (Å²) >= 11 is 5.91. The molecule has 1 atom stereocenters. The summed E-state index contributed by atoms with van der Waals surface area (Å²) in [5, 5.41) is 2.86. The highest BCUT2D eigenvalue weighted by molar-refractivity contribution is 6.31. The highest BCUT2D eigenvalue weighted by Crippen LogP contribution is 2.45. The van der Waals surface area contributed by atoms with Crippen LogP contribution in [0.4, 0.5) is 26.5 Å². The number of fused-ring (bicyclic) bond motifs is 3. The summed E-state index contributed by atoms with van der Waals surface area (Å²) in [4.78, 5) is 25.6. The highest BCUT2D eigenvalue weighted by Gasteiger charge is 2.46. The smallest absolute Gasteiger partial charge is 0.330 e. The molecule has 2 aromatic heterocycles. The minimum Gasteiger partial charge on any atom is -0.347 e. The van der Waals surface area contributed by atoms with Crippen LogP contribution in [0.15, 0.2) is 54.7 Å². The van der Waals surface area contributed by atoms with Crippen LogP contribution in [0, 0.1) is 5.82 Å². The van der Waals surface area contributed by atoms with E-state index in [-0.39, 0.29) is 17.2 Å². The number of carbonyl (C=O) groups excluding carboxylic acids is 1. The van der Waals surface area contributed by atoms with Gasteiger partial charge in [0, 0.05) is 24.7 Å². The first-order valence-electron chi connectivity index (χ1n) is 8.86. The van der Waals surface area contributed by atoms with Gasteiger partial charge in [-0.2, -0.15) is 0 Å². The van der Waals surface area contributed by atoms with E-state index in [4.69, 9.17) is 16.6 Å². The molecule has 0 spiro atoms. The maximum atomic E-state index is 13.5. The predicted molar refractivity (Wildman–Crippen MR) is 106 cm³/mol. The third-order valence-electron chi connectivity index (χ3n) is 5.01. The molecule has 0 radical (unpaired) electrons. The van der Waals surface area contributed by atoms with Crippen LogP contribution >= 0.6 is 11.6 Å². The van der Waals surface area contributed by atoms with Crippen LogP contribution in [0.1, 0.15) is 6.42 Å². The number of halogens is 2. The molecule has 6 nitrogen and oxygen atoms in total. The number of hydrogen-bond donors (Lipinski definition) is 1. The maximum Gasteiger partial charge on any atom is 0.330 e. The van der Waals surface area contributed by atoms with Crippen LogP contribution in [0.3, 0.4) is 0 Å². The maximum absolute atomic E-state index is 13.5. The Morgan fingerprint density at radius 1 is 1.21 bits per heavy atom. The fourth-order valence-electron chi connectivity index (χ4n) is 3.56. The van der Waals surface area contributed by atoms with E-state index in [1.54, 1.807) is 29.3 Å². The molecule has 0 aliphatic carbocycles. The second kappa shape index (κ2) is 6.45. The highest BCUT2D eigenvalue weighted by atomic mass is 35.5. The molecule has 28 heavy (non-hydrogen) atoms. The normalized spacial score (nSPS) is 17.0. The average Bonchev–Trinajstić information content (AvgIpc) is 2.90. The number of nitrogens with one attached hydrogen (secondary N) is 1.